The van der Waals surface area contributed by atoms with Gasteiger partial charge < -0.3 is 52.5 Å². The van der Waals surface area contributed by atoms with E-state index in [-0.39, 0.29) is 52.9 Å². The van der Waals surface area contributed by atoms with Crippen molar-refractivity contribution in [1.82, 2.24) is 0 Å². The number of aliphatic hydroxyl groups is 1. The van der Waals surface area contributed by atoms with E-state index in [2.05, 4.69) is 36.4 Å². The first-order valence-corrected chi connectivity index (χ1v) is 28.9. The van der Waals surface area contributed by atoms with Crippen molar-refractivity contribution in [3.63, 3.8) is 0 Å². The molecule has 0 unspecified atom stereocenters. The highest BCUT2D eigenvalue weighted by Crippen LogP contribution is 2.43. The summed E-state index contributed by atoms with van der Waals surface area (Å²) in [6.45, 7) is 1.18. The Bertz CT molecular complexity index is 3170. The summed E-state index contributed by atoms with van der Waals surface area (Å²) >= 11 is 0. The molecule has 84 heavy (non-hydrogen) atoms. The molecule has 11 rings (SSSR count). The SMILES string of the molecule is O[C@H]1O[C@H](COCc2ccccc2)[C@@H](O[C@H]2O[C@H](COC(c3ccccc3)(c3ccccc3)c3ccccc3)[C@@H](OCc3ccccc3)[C@H](OCc3ccccc3)[C@H]2OCc2ccccc2)[C@H](OCc2ccccc2)[C@H]1OCc1ccccc1. The van der Waals surface area contributed by atoms with E-state index in [1.165, 1.54) is 0 Å². The second-order valence-corrected chi connectivity index (χ2v) is 21.1. The van der Waals surface area contributed by atoms with Crippen LogP contribution in [-0.4, -0.2) is 79.7 Å². The van der Waals surface area contributed by atoms with Gasteiger partial charge in [0, 0.05) is 0 Å². The highest BCUT2D eigenvalue weighted by Gasteiger charge is 2.55. The van der Waals surface area contributed by atoms with E-state index in [1.54, 1.807) is 0 Å². The number of benzene rings is 9. The fraction of sp³-hybridized carbons (Fsp3) is 0.260. The summed E-state index contributed by atoms with van der Waals surface area (Å²) in [5, 5.41) is 12.2. The largest absolute Gasteiger partial charge is 0.374 e. The molecule has 11 nitrogen and oxygen atoms in total. The van der Waals surface area contributed by atoms with Gasteiger partial charge >= 0.3 is 0 Å². The molecule has 10 atom stereocenters. The summed E-state index contributed by atoms with van der Waals surface area (Å²) in [4.78, 5) is 0. The number of hydrogen-bond donors (Lipinski definition) is 1. The van der Waals surface area contributed by atoms with Gasteiger partial charge in [-0.15, -0.1) is 0 Å². The Kier molecular flexibility index (Phi) is 20.7. The first-order valence-electron chi connectivity index (χ1n) is 28.9. The average molecular weight is 1130 g/mol. The van der Waals surface area contributed by atoms with Gasteiger partial charge in [0.25, 0.3) is 0 Å². The van der Waals surface area contributed by atoms with E-state index in [4.69, 9.17) is 47.4 Å². The smallest absolute Gasteiger partial charge is 0.187 e. The lowest BCUT2D eigenvalue weighted by Gasteiger charge is -2.50. The molecule has 1 N–H and O–H groups in total. The van der Waals surface area contributed by atoms with Crippen LogP contribution in [-0.2, 0) is 92.6 Å². The van der Waals surface area contributed by atoms with Gasteiger partial charge in [-0.25, -0.2) is 0 Å². The topological polar surface area (TPSA) is 113 Å². The molecule has 0 spiro atoms. The molecule has 430 valence electrons. The van der Waals surface area contributed by atoms with Crippen molar-refractivity contribution >= 4 is 0 Å². The van der Waals surface area contributed by atoms with Crippen molar-refractivity contribution in [3.8, 4) is 0 Å². The van der Waals surface area contributed by atoms with Crippen LogP contribution >= 0.6 is 0 Å². The fourth-order valence-electron chi connectivity index (χ4n) is 11.1. The van der Waals surface area contributed by atoms with E-state index < -0.39 is 67.0 Å². The molecular weight excluding hydrogens is 1050 g/mol. The van der Waals surface area contributed by atoms with Gasteiger partial charge in [0.1, 0.15) is 54.4 Å². The Morgan fingerprint density at radius 2 is 0.595 bits per heavy atom. The van der Waals surface area contributed by atoms with Crippen LogP contribution in [0.1, 0.15) is 50.1 Å². The third-order valence-electron chi connectivity index (χ3n) is 15.3. The van der Waals surface area contributed by atoms with E-state index in [0.29, 0.717) is 0 Å². The molecule has 2 aliphatic heterocycles. The van der Waals surface area contributed by atoms with Gasteiger partial charge in [0.2, 0.25) is 0 Å². The maximum Gasteiger partial charge on any atom is 0.187 e. The summed E-state index contributed by atoms with van der Waals surface area (Å²) in [7, 11) is 0. The molecule has 0 saturated carbocycles. The molecule has 2 fully saturated rings. The number of hydrogen-bond acceptors (Lipinski definition) is 11. The van der Waals surface area contributed by atoms with E-state index in [9.17, 15) is 5.11 Å². The van der Waals surface area contributed by atoms with Crippen LogP contribution in [0.3, 0.4) is 0 Å². The van der Waals surface area contributed by atoms with Gasteiger partial charge in [-0.2, -0.15) is 0 Å². The molecule has 2 heterocycles. The Hall–Kier alpha value is -7.46. The zero-order valence-electron chi connectivity index (χ0n) is 46.9. The van der Waals surface area contributed by atoms with Crippen molar-refractivity contribution < 1.29 is 52.5 Å². The second kappa shape index (κ2) is 29.9. The Morgan fingerprint density at radius 3 is 0.976 bits per heavy atom. The maximum atomic E-state index is 12.2. The molecule has 0 bridgehead atoms. The highest BCUT2D eigenvalue weighted by atomic mass is 16.8. The van der Waals surface area contributed by atoms with E-state index >= 15 is 0 Å². The van der Waals surface area contributed by atoms with Gasteiger partial charge in [0.15, 0.2) is 12.6 Å². The van der Waals surface area contributed by atoms with E-state index in [0.717, 1.165) is 50.1 Å². The summed E-state index contributed by atoms with van der Waals surface area (Å²) < 4.78 is 71.5. The van der Waals surface area contributed by atoms with Crippen LogP contribution in [0.5, 0.6) is 0 Å². The van der Waals surface area contributed by atoms with Gasteiger partial charge in [-0.1, -0.05) is 273 Å². The molecule has 0 aliphatic carbocycles. The van der Waals surface area contributed by atoms with Crippen LogP contribution in [0, 0.1) is 0 Å². The maximum absolute atomic E-state index is 12.2. The third-order valence-corrected chi connectivity index (χ3v) is 15.3. The monoisotopic (exact) mass is 1120 g/mol. The van der Waals surface area contributed by atoms with Crippen LogP contribution in [0.2, 0.25) is 0 Å². The first-order chi connectivity index (χ1) is 41.6. The van der Waals surface area contributed by atoms with Gasteiger partial charge in [0.05, 0.1) is 52.9 Å². The van der Waals surface area contributed by atoms with Crippen molar-refractivity contribution in [3.05, 3.63) is 323 Å². The van der Waals surface area contributed by atoms with Crippen molar-refractivity contribution in [2.24, 2.45) is 0 Å². The molecule has 9 aromatic rings. The second-order valence-electron chi connectivity index (χ2n) is 21.1. The Balaban J connectivity index is 1.04. The van der Waals surface area contributed by atoms with Gasteiger partial charge in [-0.05, 0) is 50.1 Å². The predicted octanol–water partition coefficient (Wildman–Crippen LogP) is 13.0. The minimum absolute atomic E-state index is 0.00646. The summed E-state index contributed by atoms with van der Waals surface area (Å²) in [6, 6.07) is 90.6. The normalized spacial score (nSPS) is 22.5. The van der Waals surface area contributed by atoms with E-state index in [1.807, 2.05) is 237 Å². The molecule has 0 radical (unpaired) electrons. The Labute approximate surface area is 493 Å². The van der Waals surface area contributed by atoms with Gasteiger partial charge in [-0.3, -0.25) is 0 Å². The van der Waals surface area contributed by atoms with Crippen molar-refractivity contribution in [2.45, 2.75) is 107 Å². The first kappa shape index (κ1) is 58.3. The lowest BCUT2D eigenvalue weighted by molar-refractivity contribution is -0.375. The lowest BCUT2D eigenvalue weighted by atomic mass is 9.80. The number of rotatable bonds is 27. The molecule has 0 aromatic heterocycles. The van der Waals surface area contributed by atoms with Crippen LogP contribution in [0.25, 0.3) is 0 Å². The lowest BCUT2D eigenvalue weighted by Crippen LogP contribution is -2.66. The predicted molar refractivity (Wildman–Crippen MR) is 321 cm³/mol. The zero-order chi connectivity index (χ0) is 57.0. The molecule has 9 aromatic carbocycles. The fourth-order valence-corrected chi connectivity index (χ4v) is 11.1. The van der Waals surface area contributed by atoms with Crippen molar-refractivity contribution in [1.29, 1.82) is 0 Å². The highest BCUT2D eigenvalue weighted by molar-refractivity contribution is 5.47. The van der Waals surface area contributed by atoms with Crippen LogP contribution in [0.15, 0.2) is 273 Å². The summed E-state index contributed by atoms with van der Waals surface area (Å²) in [5.41, 5.74) is 7.26. The minimum atomic E-state index is -1.45. The average Bonchev–Trinajstić information content (AvgIpc) is 2.65. The number of ether oxygens (including phenoxy) is 10. The quantitative estimate of drug-likeness (QED) is 0.0497. The molecule has 2 aliphatic rings. The minimum Gasteiger partial charge on any atom is -0.374 e. The van der Waals surface area contributed by atoms with Crippen LogP contribution < -0.4 is 0 Å². The zero-order valence-corrected chi connectivity index (χ0v) is 46.9. The standard InChI is InChI=1S/C73H72O11/c74-71-69(79-50-58-36-18-5-19-37-58)68(78-49-57-34-16-4-17-35-57)66(63(82-71)52-75-46-54-28-10-1-11-29-54)84-72-70(80-51-59-38-20-6-21-39-59)67(77-48-56-32-14-3-15-33-56)65(76-47-55-30-12-2-13-31-55)64(83-72)53-81-73(60-40-22-7-23-41-60,61-42-24-8-25-43-61)62-44-26-9-27-45-62/h1-45,63-72,74H,46-53H2/t63-,64-,65-,66-,67+,68+,69-,70-,71+,72-/m1/s1. The summed E-state index contributed by atoms with van der Waals surface area (Å²) in [5.74, 6) is 0. The molecule has 2 saturated heterocycles. The number of aliphatic hydroxyl groups excluding tert-OH is 1. The van der Waals surface area contributed by atoms with Crippen LogP contribution in [0.4, 0.5) is 0 Å². The molecule has 11 heteroatoms. The molecular formula is C73H72O11. The summed E-state index contributed by atoms with van der Waals surface area (Å²) in [6.07, 6.45) is -10.2. The van der Waals surface area contributed by atoms with Crippen molar-refractivity contribution in [2.75, 3.05) is 13.2 Å². The Morgan fingerprint density at radius 1 is 0.298 bits per heavy atom. The molecule has 0 amide bonds. The third kappa shape index (κ3) is 15.1.